The van der Waals surface area contributed by atoms with Crippen molar-refractivity contribution in [2.24, 2.45) is 0 Å². The van der Waals surface area contributed by atoms with E-state index < -0.39 is 18.1 Å². The number of hydrogen-bond donors (Lipinski definition) is 2. The molecule has 3 fully saturated rings. The number of carbonyl (C=O) groups is 2. The molecule has 1 amide bonds. The molecule has 3 aliphatic heterocycles. The van der Waals surface area contributed by atoms with Gasteiger partial charge in [0.15, 0.2) is 18.2 Å². The molecule has 1 unspecified atom stereocenters. The standard InChI is InChI=1S/C10H8FN3O2.C8H15N.C7H10F3NO2/c1-16-10-3-7(8(11)4-12-10)9-2-6(5-15)13-14-9;1-9-7-3-2-4-8(9)6-5-7;8-7(9,10)6-2-1-5(3-13-6)11-4-12/h2-5H,1H3,(H,13,14);7-8H,2-6H2,1H3;4-6H,1-3H2,(H,11,12)/t;7-,8?;5-,6-/m.10/s1. The van der Waals surface area contributed by atoms with Crippen molar-refractivity contribution in [3.05, 3.63) is 29.8 Å². The average Bonchev–Trinajstić information content (AvgIpc) is 3.44. The van der Waals surface area contributed by atoms with Gasteiger partial charge in [0.1, 0.15) is 0 Å². The van der Waals surface area contributed by atoms with E-state index in [1.165, 1.54) is 51.3 Å². The molecule has 0 radical (unpaired) electrons. The molecule has 2 N–H and O–H groups in total. The van der Waals surface area contributed by atoms with Crippen molar-refractivity contribution in [1.29, 1.82) is 0 Å². The minimum atomic E-state index is -4.29. The molecule has 0 saturated carbocycles. The molecule has 5 rings (SSSR count). The highest BCUT2D eigenvalue weighted by molar-refractivity contribution is 5.75. The number of aldehydes is 1. The van der Waals surface area contributed by atoms with Gasteiger partial charge in [0.05, 0.1) is 37.3 Å². The predicted octanol–water partition coefficient (Wildman–Crippen LogP) is 3.91. The number of amides is 1. The molecule has 0 aromatic carbocycles. The van der Waals surface area contributed by atoms with Crippen molar-refractivity contribution in [3.63, 3.8) is 0 Å². The fraction of sp³-hybridized carbons (Fsp3) is 0.600. The number of aromatic nitrogens is 3. The number of alkyl halides is 3. The number of aromatic amines is 1. The van der Waals surface area contributed by atoms with Crippen LogP contribution in [0.3, 0.4) is 0 Å². The van der Waals surface area contributed by atoms with Gasteiger partial charge in [-0.2, -0.15) is 18.3 Å². The number of carbonyl (C=O) groups excluding carboxylic acids is 2. The zero-order valence-corrected chi connectivity index (χ0v) is 21.3. The maximum atomic E-state index is 13.4. The fourth-order valence-electron chi connectivity index (χ4n) is 4.88. The second-order valence-corrected chi connectivity index (χ2v) is 9.44. The second kappa shape index (κ2) is 13.7. The first kappa shape index (κ1) is 29.5. The van der Waals surface area contributed by atoms with E-state index in [0.29, 0.717) is 24.8 Å². The number of ether oxygens (including phenoxy) is 2. The summed E-state index contributed by atoms with van der Waals surface area (Å²) in [4.78, 5) is 26.7. The van der Waals surface area contributed by atoms with Crippen molar-refractivity contribution >= 4 is 12.7 Å². The Labute approximate surface area is 218 Å². The van der Waals surface area contributed by atoms with Crippen LogP contribution in [0.1, 0.15) is 55.4 Å². The van der Waals surface area contributed by atoms with E-state index in [-0.39, 0.29) is 36.2 Å². The minimum Gasteiger partial charge on any atom is -0.481 e. The van der Waals surface area contributed by atoms with E-state index in [9.17, 15) is 27.2 Å². The largest absolute Gasteiger partial charge is 0.481 e. The Balaban J connectivity index is 0.000000164. The quantitative estimate of drug-likeness (QED) is 0.435. The van der Waals surface area contributed by atoms with Crippen LogP contribution in [0.2, 0.25) is 0 Å². The van der Waals surface area contributed by atoms with Crippen LogP contribution >= 0.6 is 0 Å². The monoisotopic (exact) mass is 543 g/mol. The van der Waals surface area contributed by atoms with Gasteiger partial charge < -0.3 is 19.7 Å². The number of nitrogens with zero attached hydrogens (tertiary/aromatic N) is 3. The smallest absolute Gasteiger partial charge is 0.414 e. The highest BCUT2D eigenvalue weighted by Gasteiger charge is 2.42. The first-order valence-electron chi connectivity index (χ1n) is 12.5. The molecule has 2 bridgehead atoms. The molecule has 0 spiro atoms. The van der Waals surface area contributed by atoms with Crippen LogP contribution in [0.4, 0.5) is 17.6 Å². The number of pyridine rings is 1. The van der Waals surface area contributed by atoms with Crippen LogP contribution in [-0.2, 0) is 9.53 Å². The van der Waals surface area contributed by atoms with Gasteiger partial charge in [-0.3, -0.25) is 14.7 Å². The molecular formula is C25H33F4N5O4. The zero-order valence-electron chi connectivity index (χ0n) is 21.3. The normalized spacial score (nSPS) is 24.8. The number of hydrogen-bond acceptors (Lipinski definition) is 7. The van der Waals surface area contributed by atoms with Gasteiger partial charge in [0.25, 0.3) is 0 Å². The summed E-state index contributed by atoms with van der Waals surface area (Å²) in [6.45, 7) is -0.0666. The summed E-state index contributed by atoms with van der Waals surface area (Å²) in [7, 11) is 3.73. The molecule has 4 atom stereocenters. The number of rotatable bonds is 5. The van der Waals surface area contributed by atoms with E-state index in [4.69, 9.17) is 4.74 Å². The molecule has 210 valence electrons. The Bertz CT molecular complexity index is 1030. The highest BCUT2D eigenvalue weighted by atomic mass is 19.4. The Morgan fingerprint density at radius 3 is 2.34 bits per heavy atom. The number of fused-ring (bicyclic) bond motifs is 2. The van der Waals surface area contributed by atoms with Crippen LogP contribution < -0.4 is 10.1 Å². The number of methoxy groups -OCH3 is 1. The number of nitrogens with one attached hydrogen (secondary N) is 2. The summed E-state index contributed by atoms with van der Waals surface area (Å²) in [5.41, 5.74) is 0.849. The first-order chi connectivity index (χ1) is 18.2. The highest BCUT2D eigenvalue weighted by Crippen LogP contribution is 2.33. The molecule has 5 heterocycles. The van der Waals surface area contributed by atoms with Gasteiger partial charge in [-0.05, 0) is 51.6 Å². The molecule has 2 aromatic heterocycles. The molecule has 2 aromatic rings. The van der Waals surface area contributed by atoms with Gasteiger partial charge in [-0.15, -0.1) is 0 Å². The lowest BCUT2D eigenvalue weighted by Crippen LogP contribution is -2.44. The molecule has 3 saturated heterocycles. The summed E-state index contributed by atoms with van der Waals surface area (Å²) in [6, 6.07) is 4.51. The summed E-state index contributed by atoms with van der Waals surface area (Å²) in [5.74, 6) is -0.239. The van der Waals surface area contributed by atoms with E-state index in [1.54, 1.807) is 0 Å². The Morgan fingerprint density at radius 1 is 1.13 bits per heavy atom. The van der Waals surface area contributed by atoms with E-state index in [0.717, 1.165) is 18.3 Å². The molecule has 38 heavy (non-hydrogen) atoms. The number of H-pyrrole nitrogens is 1. The van der Waals surface area contributed by atoms with Gasteiger partial charge in [-0.25, -0.2) is 9.37 Å². The maximum absolute atomic E-state index is 13.4. The average molecular weight is 544 g/mol. The van der Waals surface area contributed by atoms with Gasteiger partial charge in [-0.1, -0.05) is 6.42 Å². The van der Waals surface area contributed by atoms with Crippen LogP contribution in [0.25, 0.3) is 11.3 Å². The van der Waals surface area contributed by atoms with Crippen molar-refractivity contribution in [3.8, 4) is 17.1 Å². The van der Waals surface area contributed by atoms with Gasteiger partial charge in [0, 0.05) is 23.7 Å². The first-order valence-corrected chi connectivity index (χ1v) is 12.5. The molecule has 13 heteroatoms. The molecule has 0 aliphatic carbocycles. The summed E-state index contributed by atoms with van der Waals surface area (Å²) >= 11 is 0. The molecule has 9 nitrogen and oxygen atoms in total. The molecular weight excluding hydrogens is 510 g/mol. The van der Waals surface area contributed by atoms with Crippen molar-refractivity contribution in [2.75, 3.05) is 20.8 Å². The zero-order chi connectivity index (χ0) is 27.7. The predicted molar refractivity (Wildman–Crippen MR) is 130 cm³/mol. The van der Waals surface area contributed by atoms with Crippen LogP contribution in [-0.4, -0.2) is 83.9 Å². The third-order valence-electron chi connectivity index (χ3n) is 7.04. The third-order valence-corrected chi connectivity index (χ3v) is 7.04. The van der Waals surface area contributed by atoms with Crippen LogP contribution in [0.15, 0.2) is 18.3 Å². The Morgan fingerprint density at radius 2 is 1.84 bits per heavy atom. The topological polar surface area (TPSA) is 109 Å². The number of halogens is 4. The molecule has 3 aliphatic rings. The van der Waals surface area contributed by atoms with Crippen molar-refractivity contribution in [2.45, 2.75) is 75.4 Å². The van der Waals surface area contributed by atoms with Crippen molar-refractivity contribution in [1.82, 2.24) is 25.4 Å². The van der Waals surface area contributed by atoms with E-state index in [1.807, 2.05) is 0 Å². The lowest BCUT2D eigenvalue weighted by Gasteiger charge is -2.30. The van der Waals surface area contributed by atoms with Gasteiger partial charge >= 0.3 is 6.18 Å². The Kier molecular flexibility index (Phi) is 10.6. The second-order valence-electron chi connectivity index (χ2n) is 9.44. The maximum Gasteiger partial charge on any atom is 0.414 e. The van der Waals surface area contributed by atoms with E-state index in [2.05, 4.69) is 37.2 Å². The minimum absolute atomic E-state index is 0.0666. The van der Waals surface area contributed by atoms with Crippen LogP contribution in [0.5, 0.6) is 5.88 Å². The summed E-state index contributed by atoms with van der Waals surface area (Å²) in [5, 5.41) is 8.67. The summed E-state index contributed by atoms with van der Waals surface area (Å²) < 4.78 is 59.0. The van der Waals surface area contributed by atoms with E-state index >= 15 is 0 Å². The van der Waals surface area contributed by atoms with Crippen LogP contribution in [0, 0.1) is 5.82 Å². The van der Waals surface area contributed by atoms with Crippen molar-refractivity contribution < 1.29 is 36.6 Å². The summed E-state index contributed by atoms with van der Waals surface area (Å²) in [6.07, 6.45) is 3.75. The number of piperidine rings is 1. The lowest BCUT2D eigenvalue weighted by atomic mass is 10.0. The Hall–Kier alpha value is -3.06. The fourth-order valence-corrected chi connectivity index (χ4v) is 4.88. The third kappa shape index (κ3) is 7.97. The SMILES string of the molecule is CN1C2CCC[C@@H]1CC2.COc1cc(-c2cc(C=O)[nH]n2)c(F)cn1.O=CN[C@H]1CC[C@@H](C(F)(F)F)OC1. The van der Waals surface area contributed by atoms with Gasteiger partial charge in [0.2, 0.25) is 12.3 Å². The lowest BCUT2D eigenvalue weighted by molar-refractivity contribution is -0.232.